The minimum Gasteiger partial charge on any atom is -0.337 e. The first kappa shape index (κ1) is 20.9. The van der Waals surface area contributed by atoms with E-state index in [2.05, 4.69) is 51.0 Å². The van der Waals surface area contributed by atoms with Crippen molar-refractivity contribution in [3.8, 4) is 0 Å². The fraction of sp³-hybridized carbons (Fsp3) is 0.682. The quantitative estimate of drug-likeness (QED) is 0.580. The van der Waals surface area contributed by atoms with Crippen LogP contribution < -0.4 is 0 Å². The summed E-state index contributed by atoms with van der Waals surface area (Å²) in [5.41, 5.74) is 0. The second kappa shape index (κ2) is 9.65. The number of likely N-dealkylation sites (tertiary alicyclic amines) is 1. The summed E-state index contributed by atoms with van der Waals surface area (Å²) in [6.07, 6.45) is 10.5. The van der Waals surface area contributed by atoms with Crippen molar-refractivity contribution in [1.82, 2.24) is 19.7 Å². The highest BCUT2D eigenvalue weighted by Gasteiger charge is 2.30. The number of piperidine rings is 1. The minimum atomic E-state index is 0.243. The third kappa shape index (κ3) is 4.88. The average molecular weight is 433 g/mol. The molecule has 2 fully saturated rings. The van der Waals surface area contributed by atoms with E-state index in [1.165, 1.54) is 43.4 Å². The first-order valence-electron chi connectivity index (χ1n) is 11.0. The van der Waals surface area contributed by atoms with Gasteiger partial charge in [0, 0.05) is 29.4 Å². The molecule has 3 heterocycles. The van der Waals surface area contributed by atoms with Gasteiger partial charge in [-0.25, -0.2) is 0 Å². The van der Waals surface area contributed by atoms with Gasteiger partial charge in [-0.15, -0.1) is 21.5 Å². The Labute approximate surface area is 182 Å². The molecule has 2 aromatic heterocycles. The highest BCUT2D eigenvalue weighted by atomic mass is 32.2. The first-order valence-corrected chi connectivity index (χ1v) is 12.9. The van der Waals surface area contributed by atoms with Crippen LogP contribution in [-0.2, 0) is 11.2 Å². The number of hydrogen-bond donors (Lipinski definition) is 0. The van der Waals surface area contributed by atoms with Crippen LogP contribution in [0.15, 0.2) is 22.7 Å². The molecule has 1 saturated heterocycles. The van der Waals surface area contributed by atoms with Crippen LogP contribution in [0.4, 0.5) is 0 Å². The van der Waals surface area contributed by atoms with Gasteiger partial charge in [0.1, 0.15) is 5.82 Å². The van der Waals surface area contributed by atoms with Gasteiger partial charge < -0.3 is 9.47 Å². The van der Waals surface area contributed by atoms with Crippen LogP contribution in [0.2, 0.25) is 0 Å². The Morgan fingerprint density at radius 2 is 1.86 bits per heavy atom. The number of amides is 1. The largest absolute Gasteiger partial charge is 0.337 e. The average Bonchev–Trinajstić information content (AvgIpc) is 3.37. The van der Waals surface area contributed by atoms with E-state index in [4.69, 9.17) is 0 Å². The van der Waals surface area contributed by atoms with Gasteiger partial charge in [-0.2, -0.15) is 0 Å². The van der Waals surface area contributed by atoms with Crippen LogP contribution in [0.3, 0.4) is 0 Å². The molecule has 2 aliphatic rings. The van der Waals surface area contributed by atoms with Crippen molar-refractivity contribution < 1.29 is 4.79 Å². The van der Waals surface area contributed by atoms with E-state index in [1.807, 2.05) is 0 Å². The first-order chi connectivity index (χ1) is 14.1. The number of thiophene rings is 1. The molecule has 0 bridgehead atoms. The van der Waals surface area contributed by atoms with E-state index in [1.54, 1.807) is 23.1 Å². The van der Waals surface area contributed by atoms with Crippen molar-refractivity contribution in [2.45, 2.75) is 94.9 Å². The number of aromatic nitrogens is 3. The number of hydrogen-bond acceptors (Lipinski definition) is 5. The van der Waals surface area contributed by atoms with Gasteiger partial charge in [-0.3, -0.25) is 4.79 Å². The molecule has 4 rings (SSSR count). The Bertz CT molecular complexity index is 788. The second-order valence-electron chi connectivity index (χ2n) is 8.54. The maximum Gasteiger partial charge on any atom is 0.233 e. The molecule has 2 atom stereocenters. The molecule has 1 aliphatic heterocycles. The zero-order valence-corrected chi connectivity index (χ0v) is 19.2. The molecule has 0 N–H and O–H groups in total. The molecular weight excluding hydrogens is 400 g/mol. The smallest absolute Gasteiger partial charge is 0.233 e. The molecule has 0 aromatic carbocycles. The summed E-state index contributed by atoms with van der Waals surface area (Å²) >= 11 is 3.35. The van der Waals surface area contributed by atoms with Crippen molar-refractivity contribution in [3.63, 3.8) is 0 Å². The van der Waals surface area contributed by atoms with Crippen molar-refractivity contribution in [2.75, 3.05) is 5.75 Å². The second-order valence-corrected chi connectivity index (χ2v) is 10.5. The Kier molecular flexibility index (Phi) is 6.96. The molecule has 0 radical (unpaired) electrons. The SMILES string of the molecule is C[C@H]1CCC[C@H](C)N1C(=O)CSc1nnc(Cc2cccs2)n1C1CCCCC1. The standard InChI is InChI=1S/C22H32N4OS2/c1-16-8-6-9-17(2)25(16)21(27)15-29-22-24-23-20(14-19-12-7-13-28-19)26(22)18-10-4-3-5-11-18/h7,12-13,16-18H,3-6,8-11,14-15H2,1-2H3/t16-,17-/m0/s1. The highest BCUT2D eigenvalue weighted by molar-refractivity contribution is 7.99. The lowest BCUT2D eigenvalue weighted by molar-refractivity contribution is -0.134. The molecule has 5 nitrogen and oxygen atoms in total. The Hall–Kier alpha value is -1.34. The molecule has 1 aliphatic carbocycles. The third-order valence-electron chi connectivity index (χ3n) is 6.39. The summed E-state index contributed by atoms with van der Waals surface area (Å²) in [7, 11) is 0. The van der Waals surface area contributed by atoms with E-state index in [0.717, 1.165) is 30.2 Å². The van der Waals surface area contributed by atoms with E-state index >= 15 is 0 Å². The van der Waals surface area contributed by atoms with Crippen LogP contribution >= 0.6 is 23.1 Å². The Balaban J connectivity index is 1.50. The van der Waals surface area contributed by atoms with Crippen molar-refractivity contribution in [3.05, 3.63) is 28.2 Å². The van der Waals surface area contributed by atoms with Crippen LogP contribution in [0.5, 0.6) is 0 Å². The van der Waals surface area contributed by atoms with Crippen molar-refractivity contribution >= 4 is 29.0 Å². The molecule has 158 valence electrons. The summed E-state index contributed by atoms with van der Waals surface area (Å²) in [5.74, 6) is 1.75. The molecule has 1 amide bonds. The fourth-order valence-corrected chi connectivity index (χ4v) is 6.51. The number of thioether (sulfide) groups is 1. The predicted molar refractivity (Wildman–Crippen MR) is 120 cm³/mol. The number of nitrogens with zero attached hydrogens (tertiary/aromatic N) is 4. The molecule has 0 spiro atoms. The van der Waals surface area contributed by atoms with Crippen LogP contribution in [0.1, 0.15) is 82.0 Å². The maximum atomic E-state index is 13.0. The number of carbonyl (C=O) groups excluding carboxylic acids is 1. The van der Waals surface area contributed by atoms with E-state index in [0.29, 0.717) is 23.9 Å². The number of carbonyl (C=O) groups is 1. The van der Waals surface area contributed by atoms with E-state index < -0.39 is 0 Å². The zero-order valence-electron chi connectivity index (χ0n) is 17.5. The maximum absolute atomic E-state index is 13.0. The lowest BCUT2D eigenvalue weighted by atomic mass is 9.95. The summed E-state index contributed by atoms with van der Waals surface area (Å²) in [5, 5.41) is 12.1. The van der Waals surface area contributed by atoms with Gasteiger partial charge in [0.2, 0.25) is 5.91 Å². The predicted octanol–water partition coefficient (Wildman–Crippen LogP) is 5.32. The summed E-state index contributed by atoms with van der Waals surface area (Å²) in [4.78, 5) is 16.4. The molecule has 7 heteroatoms. The normalized spacial score (nSPS) is 23.4. The molecule has 0 unspecified atom stereocenters. The lowest BCUT2D eigenvalue weighted by Gasteiger charge is -2.39. The zero-order chi connectivity index (χ0) is 20.2. The molecule has 1 saturated carbocycles. The lowest BCUT2D eigenvalue weighted by Crippen LogP contribution is -2.48. The number of rotatable bonds is 6. The van der Waals surface area contributed by atoms with E-state index in [-0.39, 0.29) is 5.91 Å². The van der Waals surface area contributed by atoms with Crippen LogP contribution in [0.25, 0.3) is 0 Å². The molecule has 2 aromatic rings. The summed E-state index contributed by atoms with van der Waals surface area (Å²) < 4.78 is 2.36. The Morgan fingerprint density at radius 1 is 1.10 bits per heavy atom. The van der Waals surface area contributed by atoms with Gasteiger partial charge in [-0.05, 0) is 57.4 Å². The van der Waals surface area contributed by atoms with Crippen LogP contribution in [0, 0.1) is 0 Å². The monoisotopic (exact) mass is 432 g/mol. The van der Waals surface area contributed by atoms with Crippen molar-refractivity contribution in [2.24, 2.45) is 0 Å². The van der Waals surface area contributed by atoms with Gasteiger partial charge in [0.05, 0.1) is 5.75 Å². The van der Waals surface area contributed by atoms with Crippen LogP contribution in [-0.4, -0.2) is 43.4 Å². The fourth-order valence-electron chi connectivity index (χ4n) is 4.92. The minimum absolute atomic E-state index is 0.243. The van der Waals surface area contributed by atoms with E-state index in [9.17, 15) is 4.79 Å². The summed E-state index contributed by atoms with van der Waals surface area (Å²) in [6.45, 7) is 4.36. The van der Waals surface area contributed by atoms with Gasteiger partial charge in [0.15, 0.2) is 5.16 Å². The van der Waals surface area contributed by atoms with Gasteiger partial charge in [0.25, 0.3) is 0 Å². The van der Waals surface area contributed by atoms with Gasteiger partial charge in [-0.1, -0.05) is 37.1 Å². The third-order valence-corrected chi connectivity index (χ3v) is 8.20. The highest BCUT2D eigenvalue weighted by Crippen LogP contribution is 2.34. The Morgan fingerprint density at radius 3 is 2.55 bits per heavy atom. The van der Waals surface area contributed by atoms with Crippen molar-refractivity contribution in [1.29, 1.82) is 0 Å². The molecular formula is C22H32N4OS2. The summed E-state index contributed by atoms with van der Waals surface area (Å²) in [6, 6.07) is 5.42. The topological polar surface area (TPSA) is 51.0 Å². The van der Waals surface area contributed by atoms with Gasteiger partial charge >= 0.3 is 0 Å². The molecule has 29 heavy (non-hydrogen) atoms.